The number of hydrogen-bond acceptors (Lipinski definition) is 1. The summed E-state index contributed by atoms with van der Waals surface area (Å²) in [6.07, 6.45) is -1.24. The zero-order valence-electron chi connectivity index (χ0n) is 12.1. The van der Waals surface area contributed by atoms with Gasteiger partial charge in [-0.15, -0.1) is 0 Å². The Labute approximate surface area is 112 Å². The smallest absolute Gasteiger partial charge is 0.388 e. The lowest BCUT2D eigenvalue weighted by Crippen LogP contribution is -2.41. The Morgan fingerprint density at radius 3 is 2.33 bits per heavy atom. The average molecular weight is 301 g/mol. The van der Waals surface area contributed by atoms with Crippen molar-refractivity contribution in [1.82, 2.24) is 0 Å². The van der Waals surface area contributed by atoms with Gasteiger partial charge >= 0.3 is 6.18 Å². The van der Waals surface area contributed by atoms with Crippen LogP contribution in [0.15, 0.2) is 0 Å². The van der Waals surface area contributed by atoms with Crippen molar-refractivity contribution < 1.29 is 17.3 Å². The second-order valence-electron chi connectivity index (χ2n) is 5.09. The van der Waals surface area contributed by atoms with Crippen molar-refractivity contribution in [2.24, 2.45) is 0 Å². The summed E-state index contributed by atoms with van der Waals surface area (Å²) in [7, 11) is -3.24. The molecule has 0 aliphatic carbocycles. The first-order valence-electron chi connectivity index (χ1n) is 7.05. The summed E-state index contributed by atoms with van der Waals surface area (Å²) in [4.78, 5) is 0. The van der Waals surface area contributed by atoms with Gasteiger partial charge in [-0.2, -0.15) is 13.2 Å². The van der Waals surface area contributed by atoms with E-state index < -0.39 is 30.0 Å². The van der Waals surface area contributed by atoms with Gasteiger partial charge in [0.2, 0.25) is 0 Å². The number of rotatable bonds is 2. The van der Waals surface area contributed by atoms with E-state index in [0.717, 1.165) is 18.5 Å². The topological polar surface area (TPSA) is 9.23 Å². The minimum absolute atomic E-state index is 0.258. The Balaban J connectivity index is 0.00000137. The molecule has 1 fully saturated rings. The fourth-order valence-electron chi connectivity index (χ4n) is 2.30. The summed E-state index contributed by atoms with van der Waals surface area (Å²) < 4.78 is 42.8. The van der Waals surface area contributed by atoms with Gasteiger partial charge in [0.15, 0.2) is 17.4 Å². The van der Waals surface area contributed by atoms with Gasteiger partial charge in [-0.25, -0.2) is 0 Å². The molecule has 0 aromatic carbocycles. The largest absolute Gasteiger partial charge is 0.458 e. The molecular formula is C12H27F3OSi2. The third kappa shape index (κ3) is 8.31. The lowest BCUT2D eigenvalue weighted by atomic mass is 10.3. The fourth-order valence-corrected chi connectivity index (χ4v) is 10.5. The Kier molecular flexibility index (Phi) is 8.46. The summed E-state index contributed by atoms with van der Waals surface area (Å²) >= 11 is 0. The lowest BCUT2D eigenvalue weighted by molar-refractivity contribution is -0.131. The first-order chi connectivity index (χ1) is 8.31. The lowest BCUT2D eigenvalue weighted by Gasteiger charge is -2.33. The normalized spacial score (nSPS) is 29.8. The molecule has 0 N–H and O–H groups in total. The molecule has 6 heteroatoms. The van der Waals surface area contributed by atoms with Crippen LogP contribution in [0, 0.1) is 0 Å². The maximum absolute atomic E-state index is 12.2. The van der Waals surface area contributed by atoms with Crippen molar-refractivity contribution in [3.8, 4) is 0 Å². The van der Waals surface area contributed by atoms with Crippen molar-refractivity contribution in [1.29, 1.82) is 0 Å². The molecule has 18 heavy (non-hydrogen) atoms. The second kappa shape index (κ2) is 8.37. The molecule has 0 aromatic rings. The summed E-state index contributed by atoms with van der Waals surface area (Å²) in [6.45, 7) is 8.12. The number of hydrogen-bond donors (Lipinski definition) is 0. The molecule has 0 aromatic heterocycles. The predicted molar refractivity (Wildman–Crippen MR) is 76.0 cm³/mol. The van der Waals surface area contributed by atoms with E-state index in [1.54, 1.807) is 0 Å². The molecule has 0 amide bonds. The van der Waals surface area contributed by atoms with Crippen molar-refractivity contribution in [2.45, 2.75) is 76.9 Å². The molecule has 0 bridgehead atoms. The molecule has 0 radical (unpaired) electrons. The van der Waals surface area contributed by atoms with E-state index in [4.69, 9.17) is 4.12 Å². The highest BCUT2D eigenvalue weighted by molar-refractivity contribution is 6.79. The molecular weight excluding hydrogens is 273 g/mol. The van der Waals surface area contributed by atoms with Crippen LogP contribution in [0.25, 0.3) is 0 Å². The third-order valence-corrected chi connectivity index (χ3v) is 11.1. The molecule has 2 atom stereocenters. The first kappa shape index (κ1) is 18.2. The fraction of sp³-hybridized carbons (Fsp3) is 1.00. The van der Waals surface area contributed by atoms with Gasteiger partial charge in [-0.05, 0) is 31.2 Å². The van der Waals surface area contributed by atoms with Gasteiger partial charge in [-0.3, -0.25) is 0 Å². The first-order valence-corrected chi connectivity index (χ1v) is 12.3. The zero-order chi connectivity index (χ0) is 14.2. The highest BCUT2D eigenvalue weighted by Crippen LogP contribution is 2.32. The maximum atomic E-state index is 12.2. The minimum atomic E-state index is -4.02. The van der Waals surface area contributed by atoms with Gasteiger partial charge in [-0.1, -0.05) is 33.1 Å². The third-order valence-electron chi connectivity index (χ3n) is 3.24. The average Bonchev–Trinajstić information content (AvgIpc) is 2.26. The molecule has 1 heterocycles. The minimum Gasteiger partial charge on any atom is -0.458 e. The maximum Gasteiger partial charge on any atom is 0.388 e. The predicted octanol–water partition coefficient (Wildman–Crippen LogP) is 5.09. The van der Waals surface area contributed by atoms with Crippen LogP contribution < -0.4 is 0 Å². The van der Waals surface area contributed by atoms with Gasteiger partial charge in [0.25, 0.3) is 0 Å². The molecule has 110 valence electrons. The van der Waals surface area contributed by atoms with Crippen molar-refractivity contribution >= 4 is 17.4 Å². The Morgan fingerprint density at radius 2 is 1.78 bits per heavy atom. The summed E-state index contributed by atoms with van der Waals surface area (Å²) in [5, 5.41) is 0. The van der Waals surface area contributed by atoms with Crippen LogP contribution in [0.1, 0.15) is 39.5 Å². The van der Waals surface area contributed by atoms with Gasteiger partial charge in [0.05, 0.1) is 0 Å². The van der Waals surface area contributed by atoms with Crippen molar-refractivity contribution in [3.05, 3.63) is 0 Å². The quantitative estimate of drug-likeness (QED) is 0.645. The molecule has 1 aliphatic heterocycles. The van der Waals surface area contributed by atoms with Crippen LogP contribution in [-0.2, 0) is 4.12 Å². The molecule has 2 unspecified atom stereocenters. The molecule has 1 nitrogen and oxygen atoms in total. The Morgan fingerprint density at radius 1 is 1.17 bits per heavy atom. The number of halogens is 3. The second-order valence-corrected chi connectivity index (χ2v) is 12.1. The summed E-state index contributed by atoms with van der Waals surface area (Å²) in [6, 6.07) is 2.31. The molecule has 0 saturated carbocycles. The van der Waals surface area contributed by atoms with Crippen LogP contribution in [0.3, 0.4) is 0 Å². The van der Waals surface area contributed by atoms with E-state index in [9.17, 15) is 13.2 Å². The molecule has 1 rings (SSSR count). The van der Waals surface area contributed by atoms with E-state index in [0.29, 0.717) is 0 Å². The molecule has 1 aliphatic rings. The van der Waals surface area contributed by atoms with Crippen LogP contribution in [0.4, 0.5) is 13.2 Å². The standard InChI is InChI=1S/C10H21F3OSi2.C2H6/c1-15-7-4-3-5-8-16(2,14-15)9-6-10(11,12)13;1-2/h15H,3-9H2,1-2H3;1-2H3. The Hall–Kier alpha value is 0.184. The van der Waals surface area contributed by atoms with E-state index in [2.05, 4.69) is 6.55 Å². The zero-order valence-corrected chi connectivity index (χ0v) is 14.2. The molecule has 0 spiro atoms. The van der Waals surface area contributed by atoms with E-state index in [-0.39, 0.29) is 6.04 Å². The SMILES string of the molecule is CC.C[SiH]1CCCCC[Si](C)(CCC(F)(F)F)O1. The van der Waals surface area contributed by atoms with Gasteiger partial charge in [0.1, 0.15) is 0 Å². The molecule has 1 saturated heterocycles. The van der Waals surface area contributed by atoms with Crippen LogP contribution in [0.2, 0.25) is 31.2 Å². The van der Waals surface area contributed by atoms with E-state index >= 15 is 0 Å². The highest BCUT2D eigenvalue weighted by atomic mass is 28.4. The van der Waals surface area contributed by atoms with Crippen LogP contribution in [0.5, 0.6) is 0 Å². The van der Waals surface area contributed by atoms with Crippen molar-refractivity contribution in [3.63, 3.8) is 0 Å². The number of alkyl halides is 3. The van der Waals surface area contributed by atoms with Crippen LogP contribution in [-0.4, -0.2) is 23.5 Å². The van der Waals surface area contributed by atoms with Gasteiger partial charge < -0.3 is 4.12 Å². The highest BCUT2D eigenvalue weighted by Gasteiger charge is 2.37. The summed E-state index contributed by atoms with van der Waals surface area (Å²) in [5.41, 5.74) is 0. The summed E-state index contributed by atoms with van der Waals surface area (Å²) in [5.74, 6) is 0. The van der Waals surface area contributed by atoms with E-state index in [1.165, 1.54) is 12.8 Å². The van der Waals surface area contributed by atoms with E-state index in [1.807, 2.05) is 20.4 Å². The van der Waals surface area contributed by atoms with Crippen molar-refractivity contribution in [2.75, 3.05) is 0 Å². The van der Waals surface area contributed by atoms with Crippen LogP contribution >= 0.6 is 0 Å². The van der Waals surface area contributed by atoms with Gasteiger partial charge in [0, 0.05) is 6.42 Å². The monoisotopic (exact) mass is 300 g/mol. The Bertz CT molecular complexity index is 224.